The van der Waals surface area contributed by atoms with E-state index in [9.17, 15) is 14.7 Å². The Balaban J connectivity index is 2.08. The normalized spacial score (nSPS) is 12.9. The number of hydrogen-bond donors (Lipinski definition) is 3. The Hall–Kier alpha value is -2.50. The zero-order valence-electron chi connectivity index (χ0n) is 12.8. The number of carboxylic acids is 1. The number of aromatic amines is 1. The molecular formula is C16H20N2O4. The minimum atomic E-state index is -1.10. The number of aliphatic carboxylic acids is 1. The maximum Gasteiger partial charge on any atom is 0.408 e. The van der Waals surface area contributed by atoms with Gasteiger partial charge in [-0.05, 0) is 49.9 Å². The van der Waals surface area contributed by atoms with Crippen LogP contribution in [0.15, 0.2) is 30.5 Å². The van der Waals surface area contributed by atoms with E-state index in [1.165, 1.54) is 0 Å². The van der Waals surface area contributed by atoms with E-state index in [1.807, 2.05) is 30.5 Å². The van der Waals surface area contributed by atoms with Crippen molar-refractivity contribution >= 4 is 23.0 Å². The average molecular weight is 304 g/mol. The summed E-state index contributed by atoms with van der Waals surface area (Å²) in [5, 5.41) is 12.7. The molecule has 0 spiro atoms. The molecule has 0 bridgehead atoms. The van der Waals surface area contributed by atoms with Gasteiger partial charge in [0, 0.05) is 18.1 Å². The third kappa shape index (κ3) is 4.25. The van der Waals surface area contributed by atoms with Crippen LogP contribution in [0.2, 0.25) is 0 Å². The smallest absolute Gasteiger partial charge is 0.408 e. The van der Waals surface area contributed by atoms with Crippen molar-refractivity contribution < 1.29 is 19.4 Å². The zero-order chi connectivity index (χ0) is 16.3. The average Bonchev–Trinajstić information content (AvgIpc) is 2.82. The highest BCUT2D eigenvalue weighted by atomic mass is 16.6. The van der Waals surface area contributed by atoms with Gasteiger partial charge in [0.2, 0.25) is 0 Å². The molecule has 0 saturated carbocycles. The van der Waals surface area contributed by atoms with Gasteiger partial charge in [0.15, 0.2) is 0 Å². The number of amides is 1. The molecule has 2 rings (SSSR count). The lowest BCUT2D eigenvalue weighted by atomic mass is 10.0. The first kappa shape index (κ1) is 15.9. The Morgan fingerprint density at radius 3 is 2.68 bits per heavy atom. The van der Waals surface area contributed by atoms with E-state index in [0.29, 0.717) is 0 Å². The fourth-order valence-corrected chi connectivity index (χ4v) is 2.12. The van der Waals surface area contributed by atoms with E-state index >= 15 is 0 Å². The maximum atomic E-state index is 11.7. The summed E-state index contributed by atoms with van der Waals surface area (Å²) in [6.07, 6.45) is 1.28. The van der Waals surface area contributed by atoms with Gasteiger partial charge < -0.3 is 20.1 Å². The van der Waals surface area contributed by atoms with Gasteiger partial charge in [0.25, 0.3) is 0 Å². The van der Waals surface area contributed by atoms with Crippen molar-refractivity contribution in [1.29, 1.82) is 0 Å². The third-order valence-electron chi connectivity index (χ3n) is 3.05. The van der Waals surface area contributed by atoms with Gasteiger partial charge in [-0.1, -0.05) is 6.07 Å². The number of nitrogens with one attached hydrogen (secondary N) is 2. The monoisotopic (exact) mass is 304 g/mol. The van der Waals surface area contributed by atoms with Gasteiger partial charge in [-0.25, -0.2) is 9.59 Å². The first-order valence-corrected chi connectivity index (χ1v) is 7.03. The summed E-state index contributed by atoms with van der Waals surface area (Å²) in [6.45, 7) is 5.17. The van der Waals surface area contributed by atoms with Crippen molar-refractivity contribution in [2.45, 2.75) is 38.8 Å². The van der Waals surface area contributed by atoms with Crippen molar-refractivity contribution in [2.24, 2.45) is 0 Å². The van der Waals surface area contributed by atoms with Crippen molar-refractivity contribution in [2.75, 3.05) is 0 Å². The van der Waals surface area contributed by atoms with Gasteiger partial charge in [-0.2, -0.15) is 0 Å². The van der Waals surface area contributed by atoms with Crippen molar-refractivity contribution in [1.82, 2.24) is 10.3 Å². The molecule has 3 N–H and O–H groups in total. The topological polar surface area (TPSA) is 91.4 Å². The van der Waals surface area contributed by atoms with Crippen LogP contribution in [-0.4, -0.2) is 33.8 Å². The Kier molecular flexibility index (Phi) is 4.40. The van der Waals surface area contributed by atoms with Crippen molar-refractivity contribution in [3.63, 3.8) is 0 Å². The molecule has 1 unspecified atom stereocenters. The molecule has 1 amide bonds. The third-order valence-corrected chi connectivity index (χ3v) is 3.05. The molecular weight excluding hydrogens is 284 g/mol. The molecule has 1 atom stereocenters. The van der Waals surface area contributed by atoms with Crippen LogP contribution in [0.1, 0.15) is 26.3 Å². The highest BCUT2D eigenvalue weighted by Gasteiger charge is 2.24. The first-order valence-electron chi connectivity index (χ1n) is 7.03. The highest BCUT2D eigenvalue weighted by Crippen LogP contribution is 2.16. The number of benzene rings is 1. The minimum Gasteiger partial charge on any atom is -0.480 e. The lowest BCUT2D eigenvalue weighted by Gasteiger charge is -2.22. The minimum absolute atomic E-state index is 0.190. The lowest BCUT2D eigenvalue weighted by Crippen LogP contribution is -2.44. The van der Waals surface area contributed by atoms with E-state index in [1.54, 1.807) is 20.8 Å². The molecule has 2 aromatic rings. The van der Waals surface area contributed by atoms with Crippen LogP contribution in [0.25, 0.3) is 10.9 Å². The second-order valence-electron chi connectivity index (χ2n) is 6.14. The second kappa shape index (κ2) is 6.09. The summed E-state index contributed by atoms with van der Waals surface area (Å²) >= 11 is 0. The van der Waals surface area contributed by atoms with Gasteiger partial charge in [0.05, 0.1) is 0 Å². The van der Waals surface area contributed by atoms with Crippen LogP contribution >= 0.6 is 0 Å². The van der Waals surface area contributed by atoms with Crippen LogP contribution in [0.5, 0.6) is 0 Å². The van der Waals surface area contributed by atoms with Gasteiger partial charge in [-0.3, -0.25) is 0 Å². The fraction of sp³-hybridized carbons (Fsp3) is 0.375. The summed E-state index contributed by atoms with van der Waals surface area (Å²) in [5.41, 5.74) is 1.14. The number of fused-ring (bicyclic) bond motifs is 1. The van der Waals surface area contributed by atoms with Gasteiger partial charge in [0.1, 0.15) is 11.6 Å². The summed E-state index contributed by atoms with van der Waals surface area (Å²) < 4.78 is 5.10. The van der Waals surface area contributed by atoms with Gasteiger partial charge in [-0.15, -0.1) is 0 Å². The standard InChI is InChI=1S/C16H20N2O4/c1-16(2,3)22-15(21)18-13(14(19)20)9-10-4-5-12-11(8-10)6-7-17-12/h4-8,13,17H,9H2,1-3H3,(H,18,21)(H,19,20). The Labute approximate surface area is 128 Å². The maximum absolute atomic E-state index is 11.7. The number of carboxylic acid groups (broad SMARTS) is 1. The van der Waals surface area contributed by atoms with Crippen LogP contribution < -0.4 is 5.32 Å². The number of alkyl carbamates (subject to hydrolysis) is 1. The Morgan fingerprint density at radius 2 is 2.05 bits per heavy atom. The van der Waals surface area contributed by atoms with E-state index < -0.39 is 23.7 Å². The van der Waals surface area contributed by atoms with Crippen LogP contribution in [0.3, 0.4) is 0 Å². The second-order valence-corrected chi connectivity index (χ2v) is 6.14. The quantitative estimate of drug-likeness (QED) is 0.810. The van der Waals surface area contributed by atoms with Crippen LogP contribution in [-0.2, 0) is 16.0 Å². The van der Waals surface area contributed by atoms with E-state index in [2.05, 4.69) is 10.3 Å². The molecule has 0 fully saturated rings. The Bertz CT molecular complexity index is 685. The molecule has 6 nitrogen and oxygen atoms in total. The fourth-order valence-electron chi connectivity index (χ4n) is 2.12. The van der Waals surface area contributed by atoms with Crippen molar-refractivity contribution in [3.8, 4) is 0 Å². The molecule has 0 aliphatic rings. The number of ether oxygens (including phenoxy) is 1. The molecule has 0 aliphatic carbocycles. The molecule has 1 aromatic heterocycles. The van der Waals surface area contributed by atoms with E-state index in [0.717, 1.165) is 16.5 Å². The predicted octanol–water partition coefficient (Wildman–Crippen LogP) is 2.69. The largest absolute Gasteiger partial charge is 0.480 e. The van der Waals surface area contributed by atoms with Gasteiger partial charge >= 0.3 is 12.1 Å². The number of carbonyl (C=O) groups is 2. The molecule has 1 heterocycles. The van der Waals surface area contributed by atoms with Crippen molar-refractivity contribution in [3.05, 3.63) is 36.0 Å². The highest BCUT2D eigenvalue weighted by molar-refractivity contribution is 5.82. The van der Waals surface area contributed by atoms with Crippen LogP contribution in [0.4, 0.5) is 4.79 Å². The molecule has 1 aromatic carbocycles. The Morgan fingerprint density at radius 1 is 1.32 bits per heavy atom. The summed E-state index contributed by atoms with van der Waals surface area (Å²) in [5.74, 6) is -1.10. The summed E-state index contributed by atoms with van der Waals surface area (Å²) in [6, 6.07) is 6.50. The molecule has 6 heteroatoms. The molecule has 118 valence electrons. The number of rotatable bonds is 4. The zero-order valence-corrected chi connectivity index (χ0v) is 12.8. The SMILES string of the molecule is CC(C)(C)OC(=O)NC(Cc1ccc2[nH]ccc2c1)C(=O)O. The van der Waals surface area contributed by atoms with E-state index in [-0.39, 0.29) is 6.42 Å². The number of H-pyrrole nitrogens is 1. The van der Waals surface area contributed by atoms with E-state index in [4.69, 9.17) is 4.74 Å². The molecule has 0 aliphatic heterocycles. The van der Waals surface area contributed by atoms with Crippen LogP contribution in [0, 0.1) is 0 Å². The summed E-state index contributed by atoms with van der Waals surface area (Å²) in [7, 11) is 0. The molecule has 22 heavy (non-hydrogen) atoms. The number of carbonyl (C=O) groups excluding carboxylic acids is 1. The lowest BCUT2D eigenvalue weighted by molar-refractivity contribution is -0.139. The molecule has 0 saturated heterocycles. The number of aromatic nitrogens is 1. The predicted molar refractivity (Wildman–Crippen MR) is 82.8 cm³/mol. The summed E-state index contributed by atoms with van der Waals surface area (Å²) in [4.78, 5) is 26.1. The molecule has 0 radical (unpaired) electrons. The first-order chi connectivity index (χ1) is 10.2. The number of hydrogen-bond acceptors (Lipinski definition) is 3.